The highest BCUT2D eigenvalue weighted by molar-refractivity contribution is 6.35. The number of amides is 2. The Morgan fingerprint density at radius 1 is 1.03 bits per heavy atom. The van der Waals surface area contributed by atoms with Crippen LogP contribution in [-0.4, -0.2) is 45.0 Å². The molecule has 3 N–H and O–H groups in total. The van der Waals surface area contributed by atoms with E-state index in [2.05, 4.69) is 64.1 Å². The Kier molecular flexibility index (Phi) is 6.04. The lowest BCUT2D eigenvalue weighted by molar-refractivity contribution is -0.945. The normalized spacial score (nSPS) is 18.8. The zero-order valence-electron chi connectivity index (χ0n) is 17.8. The SMILES string of the molecule is CN(C)c1ccc([C@@H](CNC(=O)C(=O)NC2CC2)[NH+]2CCc3ccccc3C2)cc1. The van der Waals surface area contributed by atoms with E-state index in [1.807, 2.05) is 14.1 Å². The predicted octanol–water partition coefficient (Wildman–Crippen LogP) is 0.830. The lowest BCUT2D eigenvalue weighted by Gasteiger charge is -2.33. The molecule has 2 amide bonds. The molecule has 0 saturated heterocycles. The molecular weight excluding hydrogens is 376 g/mol. The Morgan fingerprint density at radius 3 is 2.40 bits per heavy atom. The Labute approximate surface area is 178 Å². The Morgan fingerprint density at radius 2 is 1.73 bits per heavy atom. The van der Waals surface area contributed by atoms with Gasteiger partial charge in [-0.3, -0.25) is 9.59 Å². The maximum Gasteiger partial charge on any atom is 0.309 e. The van der Waals surface area contributed by atoms with Crippen molar-refractivity contribution in [2.75, 3.05) is 32.1 Å². The average molecular weight is 408 g/mol. The second-order valence-corrected chi connectivity index (χ2v) is 8.60. The largest absolute Gasteiger partial charge is 0.378 e. The summed E-state index contributed by atoms with van der Waals surface area (Å²) in [5.74, 6) is -1.05. The fourth-order valence-electron chi connectivity index (χ4n) is 4.16. The Balaban J connectivity index is 1.50. The molecule has 2 aromatic rings. The summed E-state index contributed by atoms with van der Waals surface area (Å²) in [5, 5.41) is 5.66. The molecular formula is C24H31N4O2+. The van der Waals surface area contributed by atoms with E-state index in [0.29, 0.717) is 6.54 Å². The fourth-order valence-corrected chi connectivity index (χ4v) is 4.16. The molecule has 2 atom stereocenters. The summed E-state index contributed by atoms with van der Waals surface area (Å²) in [5.41, 5.74) is 5.10. The van der Waals surface area contributed by atoms with E-state index in [9.17, 15) is 9.59 Å². The topological polar surface area (TPSA) is 65.9 Å². The average Bonchev–Trinajstić information content (AvgIpc) is 3.58. The van der Waals surface area contributed by atoms with Crippen molar-refractivity contribution in [3.05, 3.63) is 65.2 Å². The third-order valence-corrected chi connectivity index (χ3v) is 6.14. The molecule has 158 valence electrons. The molecule has 6 heteroatoms. The van der Waals surface area contributed by atoms with Crippen LogP contribution < -0.4 is 20.4 Å². The molecule has 0 radical (unpaired) electrons. The number of anilines is 1. The number of benzene rings is 2. The zero-order valence-corrected chi connectivity index (χ0v) is 17.8. The second-order valence-electron chi connectivity index (χ2n) is 8.60. The maximum absolute atomic E-state index is 12.3. The van der Waals surface area contributed by atoms with Crippen LogP contribution >= 0.6 is 0 Å². The van der Waals surface area contributed by atoms with Crippen LogP contribution in [0.25, 0.3) is 0 Å². The molecule has 1 heterocycles. The van der Waals surface area contributed by atoms with Crippen LogP contribution in [0, 0.1) is 0 Å². The van der Waals surface area contributed by atoms with Crippen LogP contribution in [0.2, 0.25) is 0 Å². The molecule has 30 heavy (non-hydrogen) atoms. The summed E-state index contributed by atoms with van der Waals surface area (Å²) in [7, 11) is 4.05. The summed E-state index contributed by atoms with van der Waals surface area (Å²) in [4.78, 5) is 27.9. The number of carbonyl (C=O) groups is 2. The predicted molar refractivity (Wildman–Crippen MR) is 117 cm³/mol. The van der Waals surface area contributed by atoms with Gasteiger partial charge in [0.1, 0.15) is 12.6 Å². The highest BCUT2D eigenvalue weighted by Gasteiger charge is 2.31. The minimum absolute atomic E-state index is 0.0900. The fraction of sp³-hybridized carbons (Fsp3) is 0.417. The third kappa shape index (κ3) is 4.82. The Bertz CT molecular complexity index is 906. The van der Waals surface area contributed by atoms with E-state index in [1.165, 1.54) is 21.6 Å². The van der Waals surface area contributed by atoms with E-state index in [4.69, 9.17) is 0 Å². The number of rotatable bonds is 6. The molecule has 0 bridgehead atoms. The lowest BCUT2D eigenvalue weighted by atomic mass is 9.96. The van der Waals surface area contributed by atoms with Gasteiger partial charge in [-0.15, -0.1) is 0 Å². The standard InChI is InChI=1S/C24H30N4O2/c1-27(2)21-11-7-18(8-12-21)22(15-25-23(29)24(30)26-20-9-10-20)28-14-13-17-5-3-4-6-19(17)16-28/h3-8,11-12,20,22H,9-10,13-16H2,1-2H3,(H,25,29)(H,26,30)/p+1/t22-/m1/s1. The monoisotopic (exact) mass is 407 g/mol. The lowest BCUT2D eigenvalue weighted by Crippen LogP contribution is -3.12. The molecule has 1 aliphatic carbocycles. The van der Waals surface area contributed by atoms with Crippen molar-refractivity contribution < 1.29 is 14.5 Å². The first-order chi connectivity index (χ1) is 14.5. The van der Waals surface area contributed by atoms with Gasteiger partial charge < -0.3 is 20.4 Å². The number of hydrogen-bond acceptors (Lipinski definition) is 3. The van der Waals surface area contributed by atoms with Gasteiger partial charge in [0.2, 0.25) is 0 Å². The van der Waals surface area contributed by atoms with Crippen LogP contribution in [0.5, 0.6) is 0 Å². The summed E-state index contributed by atoms with van der Waals surface area (Å²) in [6.45, 7) is 2.36. The minimum atomic E-state index is -0.534. The molecule has 2 aromatic carbocycles. The van der Waals surface area contributed by atoms with Gasteiger partial charge in [-0.25, -0.2) is 0 Å². The number of quaternary nitrogens is 1. The van der Waals surface area contributed by atoms with E-state index < -0.39 is 11.8 Å². The molecule has 1 saturated carbocycles. The molecule has 4 rings (SSSR count). The van der Waals surface area contributed by atoms with Crippen LogP contribution in [0.4, 0.5) is 5.69 Å². The number of nitrogens with one attached hydrogen (secondary N) is 3. The van der Waals surface area contributed by atoms with Gasteiger partial charge in [-0.1, -0.05) is 36.4 Å². The molecule has 0 spiro atoms. The number of carbonyl (C=O) groups excluding carboxylic acids is 2. The van der Waals surface area contributed by atoms with Crippen LogP contribution in [0.1, 0.15) is 35.6 Å². The van der Waals surface area contributed by atoms with Gasteiger partial charge in [0, 0.05) is 43.4 Å². The van der Waals surface area contributed by atoms with Crippen molar-refractivity contribution in [1.29, 1.82) is 0 Å². The van der Waals surface area contributed by atoms with Gasteiger partial charge >= 0.3 is 11.8 Å². The minimum Gasteiger partial charge on any atom is -0.378 e. The number of hydrogen-bond donors (Lipinski definition) is 3. The van der Waals surface area contributed by atoms with E-state index in [-0.39, 0.29) is 12.1 Å². The first-order valence-corrected chi connectivity index (χ1v) is 10.8. The van der Waals surface area contributed by atoms with Crippen LogP contribution in [-0.2, 0) is 22.6 Å². The Hall–Kier alpha value is -2.86. The highest BCUT2D eigenvalue weighted by atomic mass is 16.2. The van der Waals surface area contributed by atoms with Gasteiger partial charge in [0.05, 0.1) is 13.1 Å². The number of nitrogens with zero attached hydrogens (tertiary/aromatic N) is 1. The van der Waals surface area contributed by atoms with Crippen LogP contribution in [0.15, 0.2) is 48.5 Å². The quantitative estimate of drug-likeness (QED) is 0.622. The molecule has 2 aliphatic rings. The molecule has 1 unspecified atom stereocenters. The summed E-state index contributed by atoms with van der Waals surface area (Å²) in [6, 6.07) is 17.4. The van der Waals surface area contributed by atoms with E-state index >= 15 is 0 Å². The highest BCUT2D eigenvalue weighted by Crippen LogP contribution is 2.19. The van der Waals surface area contributed by atoms with Gasteiger partial charge in [0.25, 0.3) is 0 Å². The molecule has 6 nitrogen and oxygen atoms in total. The maximum atomic E-state index is 12.3. The van der Waals surface area contributed by atoms with Gasteiger partial charge in [-0.05, 0) is 30.5 Å². The van der Waals surface area contributed by atoms with Crippen molar-refractivity contribution in [2.24, 2.45) is 0 Å². The first-order valence-electron chi connectivity index (χ1n) is 10.8. The van der Waals surface area contributed by atoms with Crippen molar-refractivity contribution in [3.63, 3.8) is 0 Å². The van der Waals surface area contributed by atoms with E-state index in [0.717, 1.165) is 38.0 Å². The van der Waals surface area contributed by atoms with Crippen molar-refractivity contribution in [1.82, 2.24) is 10.6 Å². The van der Waals surface area contributed by atoms with E-state index in [1.54, 1.807) is 0 Å². The van der Waals surface area contributed by atoms with Crippen molar-refractivity contribution in [3.8, 4) is 0 Å². The summed E-state index contributed by atoms with van der Waals surface area (Å²) >= 11 is 0. The zero-order chi connectivity index (χ0) is 21.1. The molecule has 0 aromatic heterocycles. The second kappa shape index (κ2) is 8.88. The smallest absolute Gasteiger partial charge is 0.309 e. The first kappa shape index (κ1) is 20.4. The van der Waals surface area contributed by atoms with Gasteiger partial charge in [-0.2, -0.15) is 0 Å². The van der Waals surface area contributed by atoms with Crippen molar-refractivity contribution in [2.45, 2.75) is 37.9 Å². The summed E-state index contributed by atoms with van der Waals surface area (Å²) in [6.07, 6.45) is 2.96. The summed E-state index contributed by atoms with van der Waals surface area (Å²) < 4.78 is 0. The van der Waals surface area contributed by atoms with Crippen LogP contribution in [0.3, 0.4) is 0 Å². The molecule has 1 fully saturated rings. The third-order valence-electron chi connectivity index (χ3n) is 6.14. The number of fused-ring (bicyclic) bond motifs is 1. The van der Waals surface area contributed by atoms with Gasteiger partial charge in [0.15, 0.2) is 0 Å². The van der Waals surface area contributed by atoms with Crippen molar-refractivity contribution >= 4 is 17.5 Å². The molecule has 1 aliphatic heterocycles.